The molecule has 0 unspecified atom stereocenters. The molecule has 0 heterocycles. The molecular formula is C10H13FN2. The van der Waals surface area contributed by atoms with Crippen LogP contribution in [0.2, 0.25) is 0 Å². The molecule has 13 heavy (non-hydrogen) atoms. The molecule has 0 aliphatic carbocycles. The highest BCUT2D eigenvalue weighted by Crippen LogP contribution is 2.22. The molecule has 0 radical (unpaired) electrons. The van der Waals surface area contributed by atoms with Crippen molar-refractivity contribution in [2.45, 2.75) is 13.0 Å². The molecular weight excluding hydrogens is 167 g/mol. The lowest BCUT2D eigenvalue weighted by molar-refractivity contribution is 0.594. The third kappa shape index (κ3) is 1.70. The van der Waals surface area contributed by atoms with Crippen LogP contribution < -0.4 is 11.5 Å². The molecule has 0 saturated heterocycles. The average molecular weight is 180 g/mol. The van der Waals surface area contributed by atoms with E-state index in [0.717, 1.165) is 0 Å². The minimum Gasteiger partial charge on any atom is -0.398 e. The van der Waals surface area contributed by atoms with Gasteiger partial charge in [-0.3, -0.25) is 0 Å². The van der Waals surface area contributed by atoms with Crippen LogP contribution in [0.25, 0.3) is 0 Å². The largest absolute Gasteiger partial charge is 0.398 e. The van der Waals surface area contributed by atoms with Crippen LogP contribution in [-0.2, 0) is 0 Å². The van der Waals surface area contributed by atoms with Crippen LogP contribution in [0.15, 0.2) is 24.8 Å². The second-order valence-electron chi connectivity index (χ2n) is 2.94. The van der Waals surface area contributed by atoms with E-state index in [4.69, 9.17) is 11.5 Å². The molecule has 0 fully saturated rings. The van der Waals surface area contributed by atoms with Gasteiger partial charge in [-0.2, -0.15) is 0 Å². The standard InChI is InChI=1S/C10H13FN2/c1-3-8(12)7-4-5-9(13)6(2)10(7)11/h3-5,8H,1,12-13H2,2H3/t8-/m1/s1. The van der Waals surface area contributed by atoms with Crippen molar-refractivity contribution < 1.29 is 4.39 Å². The van der Waals surface area contributed by atoms with E-state index in [1.54, 1.807) is 19.1 Å². The first kappa shape index (κ1) is 9.74. The van der Waals surface area contributed by atoms with Gasteiger partial charge in [-0.1, -0.05) is 12.1 Å². The normalized spacial score (nSPS) is 12.5. The molecule has 1 aromatic rings. The van der Waals surface area contributed by atoms with Crippen molar-refractivity contribution in [3.63, 3.8) is 0 Å². The molecule has 0 bridgehead atoms. The number of benzene rings is 1. The monoisotopic (exact) mass is 180 g/mol. The molecule has 2 nitrogen and oxygen atoms in total. The van der Waals surface area contributed by atoms with Crippen LogP contribution in [-0.4, -0.2) is 0 Å². The Kier molecular flexibility index (Phi) is 2.68. The molecule has 1 rings (SSSR count). The first-order valence-corrected chi connectivity index (χ1v) is 4.00. The van der Waals surface area contributed by atoms with Gasteiger partial charge in [-0.15, -0.1) is 6.58 Å². The summed E-state index contributed by atoms with van der Waals surface area (Å²) in [6.45, 7) is 5.14. The van der Waals surface area contributed by atoms with Crippen LogP contribution in [0.4, 0.5) is 10.1 Å². The SMILES string of the molecule is C=C[C@@H](N)c1ccc(N)c(C)c1F. The third-order valence-corrected chi connectivity index (χ3v) is 2.07. The van der Waals surface area contributed by atoms with E-state index in [9.17, 15) is 4.39 Å². The van der Waals surface area contributed by atoms with Crippen molar-refractivity contribution in [3.05, 3.63) is 41.7 Å². The van der Waals surface area contributed by atoms with E-state index in [-0.39, 0.29) is 5.82 Å². The topological polar surface area (TPSA) is 52.0 Å². The predicted molar refractivity (Wildman–Crippen MR) is 52.7 cm³/mol. The van der Waals surface area contributed by atoms with Crippen molar-refractivity contribution in [2.24, 2.45) is 5.73 Å². The van der Waals surface area contributed by atoms with E-state index in [1.165, 1.54) is 6.08 Å². The molecule has 0 aromatic heterocycles. The molecule has 0 spiro atoms. The Morgan fingerprint density at radius 2 is 2.15 bits per heavy atom. The second kappa shape index (κ2) is 3.58. The van der Waals surface area contributed by atoms with E-state index in [1.807, 2.05) is 0 Å². The van der Waals surface area contributed by atoms with Gasteiger partial charge < -0.3 is 11.5 Å². The first-order chi connectivity index (χ1) is 6.07. The van der Waals surface area contributed by atoms with E-state index in [0.29, 0.717) is 16.8 Å². The molecule has 3 heteroatoms. The summed E-state index contributed by atoms with van der Waals surface area (Å²) in [6.07, 6.45) is 1.49. The smallest absolute Gasteiger partial charge is 0.133 e. The quantitative estimate of drug-likeness (QED) is 0.539. The maximum Gasteiger partial charge on any atom is 0.133 e. The van der Waals surface area contributed by atoms with Gasteiger partial charge in [0.15, 0.2) is 0 Å². The zero-order chi connectivity index (χ0) is 10.0. The summed E-state index contributed by atoms with van der Waals surface area (Å²) >= 11 is 0. The highest BCUT2D eigenvalue weighted by molar-refractivity contribution is 5.49. The van der Waals surface area contributed by atoms with Gasteiger partial charge in [0.2, 0.25) is 0 Å². The average Bonchev–Trinajstić information content (AvgIpc) is 2.13. The summed E-state index contributed by atoms with van der Waals surface area (Å²) in [5.74, 6) is -0.340. The highest BCUT2D eigenvalue weighted by Gasteiger charge is 2.11. The van der Waals surface area contributed by atoms with Crippen LogP contribution in [0.5, 0.6) is 0 Å². The van der Waals surface area contributed by atoms with Crippen molar-refractivity contribution >= 4 is 5.69 Å². The third-order valence-electron chi connectivity index (χ3n) is 2.07. The Morgan fingerprint density at radius 1 is 1.54 bits per heavy atom. The highest BCUT2D eigenvalue weighted by atomic mass is 19.1. The molecule has 4 N–H and O–H groups in total. The summed E-state index contributed by atoms with van der Waals surface area (Å²) in [6, 6.07) is 2.76. The van der Waals surface area contributed by atoms with Crippen molar-refractivity contribution in [3.8, 4) is 0 Å². The van der Waals surface area contributed by atoms with Crippen LogP contribution >= 0.6 is 0 Å². The molecule has 1 atom stereocenters. The van der Waals surface area contributed by atoms with Crippen molar-refractivity contribution in [1.29, 1.82) is 0 Å². The fourth-order valence-corrected chi connectivity index (χ4v) is 1.11. The van der Waals surface area contributed by atoms with Crippen LogP contribution in [0, 0.1) is 12.7 Å². The Labute approximate surface area is 77.0 Å². The zero-order valence-electron chi connectivity index (χ0n) is 7.55. The lowest BCUT2D eigenvalue weighted by Crippen LogP contribution is -2.10. The fourth-order valence-electron chi connectivity index (χ4n) is 1.11. The number of halogens is 1. The van der Waals surface area contributed by atoms with Gasteiger partial charge in [-0.05, 0) is 13.0 Å². The Balaban J connectivity index is 3.25. The lowest BCUT2D eigenvalue weighted by atomic mass is 10.0. The summed E-state index contributed by atoms with van der Waals surface area (Å²) in [7, 11) is 0. The molecule has 1 aromatic carbocycles. The van der Waals surface area contributed by atoms with Gasteiger partial charge in [-0.25, -0.2) is 4.39 Å². The van der Waals surface area contributed by atoms with Gasteiger partial charge in [0.1, 0.15) is 5.82 Å². The van der Waals surface area contributed by atoms with E-state index < -0.39 is 6.04 Å². The van der Waals surface area contributed by atoms with Crippen LogP contribution in [0.1, 0.15) is 17.2 Å². The van der Waals surface area contributed by atoms with E-state index >= 15 is 0 Å². The summed E-state index contributed by atoms with van der Waals surface area (Å²) in [5.41, 5.74) is 12.5. The first-order valence-electron chi connectivity index (χ1n) is 4.00. The fraction of sp³-hybridized carbons (Fsp3) is 0.200. The maximum absolute atomic E-state index is 13.5. The van der Waals surface area contributed by atoms with Gasteiger partial charge in [0.25, 0.3) is 0 Å². The Hall–Kier alpha value is -1.35. The molecule has 70 valence electrons. The number of nitrogen functional groups attached to an aromatic ring is 1. The van der Waals surface area contributed by atoms with E-state index in [2.05, 4.69) is 6.58 Å². The Bertz CT molecular complexity index is 334. The molecule has 0 aliphatic heterocycles. The summed E-state index contributed by atoms with van der Waals surface area (Å²) < 4.78 is 13.5. The van der Waals surface area contributed by atoms with Gasteiger partial charge >= 0.3 is 0 Å². The number of hydrogen-bond acceptors (Lipinski definition) is 2. The predicted octanol–water partition coefficient (Wildman–Crippen LogP) is 1.90. The summed E-state index contributed by atoms with van der Waals surface area (Å²) in [5, 5.41) is 0. The minimum absolute atomic E-state index is 0.340. The van der Waals surface area contributed by atoms with Gasteiger partial charge in [0, 0.05) is 16.8 Å². The molecule has 0 saturated carbocycles. The minimum atomic E-state index is -0.473. The molecule has 0 aliphatic rings. The number of rotatable bonds is 2. The van der Waals surface area contributed by atoms with Crippen LogP contribution in [0.3, 0.4) is 0 Å². The van der Waals surface area contributed by atoms with Gasteiger partial charge in [0.05, 0.1) is 6.04 Å². The zero-order valence-corrected chi connectivity index (χ0v) is 7.55. The second-order valence-corrected chi connectivity index (χ2v) is 2.94. The Morgan fingerprint density at radius 3 is 2.69 bits per heavy atom. The number of anilines is 1. The lowest BCUT2D eigenvalue weighted by Gasteiger charge is -2.11. The maximum atomic E-state index is 13.5. The summed E-state index contributed by atoms with van der Waals surface area (Å²) in [4.78, 5) is 0. The van der Waals surface area contributed by atoms with Crippen molar-refractivity contribution in [2.75, 3.05) is 5.73 Å². The van der Waals surface area contributed by atoms with Crippen molar-refractivity contribution in [1.82, 2.24) is 0 Å². The number of hydrogen-bond donors (Lipinski definition) is 2. The number of nitrogens with two attached hydrogens (primary N) is 2. The molecule has 0 amide bonds.